The van der Waals surface area contributed by atoms with Crippen molar-refractivity contribution in [1.29, 1.82) is 0 Å². The molecular weight excluding hydrogens is 514 g/mol. The van der Waals surface area contributed by atoms with Gasteiger partial charge in [-0.15, -0.1) is 0 Å². The Morgan fingerprint density at radius 2 is 1.05 bits per heavy atom. The van der Waals surface area contributed by atoms with E-state index in [-0.39, 0.29) is 5.97 Å². The summed E-state index contributed by atoms with van der Waals surface area (Å²) in [5, 5.41) is 0. The third kappa shape index (κ3) is 28.5. The summed E-state index contributed by atoms with van der Waals surface area (Å²) in [6, 6.07) is 0. The minimum atomic E-state index is -0.0300. The van der Waals surface area contributed by atoms with E-state index in [0.717, 1.165) is 82.9 Å². The van der Waals surface area contributed by atoms with Gasteiger partial charge < -0.3 is 9.64 Å². The number of hydrogen-bond donors (Lipinski definition) is 0. The zero-order valence-electron chi connectivity index (χ0n) is 28.9. The fraction of sp³-hybridized carbons (Fsp3) is 0.769. The van der Waals surface area contributed by atoms with Gasteiger partial charge in [0.25, 0.3) is 0 Å². The zero-order chi connectivity index (χ0) is 30.9. The number of rotatable bonds is 30. The average molecular weight is 586 g/mol. The lowest BCUT2D eigenvalue weighted by Crippen LogP contribution is -2.13. The molecule has 0 saturated heterocycles. The first-order valence-corrected chi connectivity index (χ1v) is 18.1. The molecule has 3 heteroatoms. The second kappa shape index (κ2) is 32.3. The maximum Gasteiger partial charge on any atom is 0.310 e. The van der Waals surface area contributed by atoms with E-state index in [9.17, 15) is 4.79 Å². The van der Waals surface area contributed by atoms with Crippen molar-refractivity contribution in [3.8, 4) is 0 Å². The lowest BCUT2D eigenvalue weighted by molar-refractivity contribution is -0.140. The van der Waals surface area contributed by atoms with Crippen molar-refractivity contribution < 1.29 is 9.53 Å². The monoisotopic (exact) mass is 586 g/mol. The first-order chi connectivity index (χ1) is 20.5. The number of nitrogens with zero attached hydrogens (tertiary/aromatic N) is 1. The molecule has 244 valence electrons. The second-order valence-electron chi connectivity index (χ2n) is 12.4. The first kappa shape index (κ1) is 40.4. The number of ether oxygens (including phenoxy) is 1. The zero-order valence-corrected chi connectivity index (χ0v) is 28.9. The Balaban J connectivity index is 5.29. The van der Waals surface area contributed by atoms with E-state index in [1.165, 1.54) is 82.6 Å². The van der Waals surface area contributed by atoms with Gasteiger partial charge in [-0.2, -0.15) is 0 Å². The number of carbonyl (C=O) groups excluding carboxylic acids is 1. The molecule has 0 rings (SSSR count). The predicted octanol–water partition coefficient (Wildman–Crippen LogP) is 12.4. The SMILES string of the molecule is CCC/C=C/C=C\CCC/C(CCC/C=C\CCCCC)=C(/CCCCCCCCCC)OC(=O)CCCCN(C)C. The van der Waals surface area contributed by atoms with E-state index in [1.54, 1.807) is 0 Å². The normalized spacial score (nSPS) is 12.8. The molecule has 0 aliphatic heterocycles. The molecule has 0 unspecified atom stereocenters. The molecule has 0 radical (unpaired) electrons. The van der Waals surface area contributed by atoms with Crippen LogP contribution in [-0.4, -0.2) is 31.5 Å². The molecule has 0 atom stereocenters. The summed E-state index contributed by atoms with van der Waals surface area (Å²) in [5.74, 6) is 0.981. The Morgan fingerprint density at radius 1 is 0.524 bits per heavy atom. The fourth-order valence-electron chi connectivity index (χ4n) is 5.14. The minimum Gasteiger partial charge on any atom is -0.431 e. The van der Waals surface area contributed by atoms with Gasteiger partial charge >= 0.3 is 5.97 Å². The van der Waals surface area contributed by atoms with Crippen molar-refractivity contribution in [2.75, 3.05) is 20.6 Å². The highest BCUT2D eigenvalue weighted by atomic mass is 16.5. The summed E-state index contributed by atoms with van der Waals surface area (Å²) in [6.07, 6.45) is 41.3. The van der Waals surface area contributed by atoms with Crippen LogP contribution in [0.5, 0.6) is 0 Å². The summed E-state index contributed by atoms with van der Waals surface area (Å²) in [6.45, 7) is 7.77. The second-order valence-corrected chi connectivity index (χ2v) is 12.4. The highest BCUT2D eigenvalue weighted by molar-refractivity contribution is 5.70. The first-order valence-electron chi connectivity index (χ1n) is 18.1. The van der Waals surface area contributed by atoms with Gasteiger partial charge in [-0.1, -0.05) is 121 Å². The maximum absolute atomic E-state index is 12.9. The van der Waals surface area contributed by atoms with Gasteiger partial charge in [0.2, 0.25) is 0 Å². The van der Waals surface area contributed by atoms with E-state index < -0.39 is 0 Å². The highest BCUT2D eigenvalue weighted by Crippen LogP contribution is 2.26. The average Bonchev–Trinajstić information content (AvgIpc) is 2.97. The van der Waals surface area contributed by atoms with Crippen LogP contribution in [-0.2, 0) is 9.53 Å². The van der Waals surface area contributed by atoms with Crippen molar-refractivity contribution in [1.82, 2.24) is 4.90 Å². The molecule has 0 amide bonds. The van der Waals surface area contributed by atoms with Crippen LogP contribution in [0.2, 0.25) is 0 Å². The summed E-state index contributed by atoms with van der Waals surface area (Å²) < 4.78 is 6.20. The number of hydrogen-bond acceptors (Lipinski definition) is 3. The lowest BCUT2D eigenvalue weighted by atomic mass is 9.98. The lowest BCUT2D eigenvalue weighted by Gasteiger charge is -2.16. The van der Waals surface area contributed by atoms with Crippen LogP contribution in [0.1, 0.15) is 175 Å². The quantitative estimate of drug-likeness (QED) is 0.0276. The molecule has 0 saturated carbocycles. The predicted molar refractivity (Wildman–Crippen MR) is 187 cm³/mol. The van der Waals surface area contributed by atoms with Gasteiger partial charge in [0.05, 0.1) is 0 Å². The van der Waals surface area contributed by atoms with Gasteiger partial charge in [-0.05, 0) is 103 Å². The molecule has 42 heavy (non-hydrogen) atoms. The van der Waals surface area contributed by atoms with E-state index in [4.69, 9.17) is 4.74 Å². The van der Waals surface area contributed by atoms with Gasteiger partial charge in [-0.25, -0.2) is 0 Å². The van der Waals surface area contributed by atoms with Crippen LogP contribution >= 0.6 is 0 Å². The number of allylic oxidation sites excluding steroid dienone is 8. The standard InChI is InChI=1S/C39H71NO2/c1-6-9-12-15-18-21-24-27-32-37(33-28-25-22-19-16-13-10-7-2)38(34-29-26-23-20-17-14-11-8-3)42-39(41)35-30-31-36-40(4)5/h12,15,18-19,21-22H,6-11,13-14,16-17,20,23-36H2,1-5H3/b15-12+,21-18-,22-19-,38-37+. The smallest absolute Gasteiger partial charge is 0.310 e. The molecule has 0 aromatic carbocycles. The molecule has 3 nitrogen and oxygen atoms in total. The molecular formula is C39H71NO2. The molecule has 0 spiro atoms. The topological polar surface area (TPSA) is 29.5 Å². The number of carbonyl (C=O) groups is 1. The molecule has 0 N–H and O–H groups in total. The van der Waals surface area contributed by atoms with Crippen LogP contribution in [0.25, 0.3) is 0 Å². The van der Waals surface area contributed by atoms with Crippen molar-refractivity contribution >= 4 is 5.97 Å². The van der Waals surface area contributed by atoms with Crippen LogP contribution < -0.4 is 0 Å². The van der Waals surface area contributed by atoms with Crippen molar-refractivity contribution in [2.45, 2.75) is 175 Å². The van der Waals surface area contributed by atoms with Gasteiger partial charge in [0.1, 0.15) is 5.76 Å². The Kier molecular flexibility index (Phi) is 31.1. The Hall–Kier alpha value is -1.61. The summed E-state index contributed by atoms with van der Waals surface area (Å²) in [7, 11) is 4.18. The van der Waals surface area contributed by atoms with Crippen molar-refractivity contribution in [2.24, 2.45) is 0 Å². The molecule has 0 heterocycles. The van der Waals surface area contributed by atoms with Crippen molar-refractivity contribution in [3.63, 3.8) is 0 Å². The van der Waals surface area contributed by atoms with E-state index in [1.807, 2.05) is 0 Å². The number of unbranched alkanes of at least 4 members (excludes halogenated alkanes) is 14. The number of esters is 1. The maximum atomic E-state index is 12.9. The van der Waals surface area contributed by atoms with Gasteiger partial charge in [0, 0.05) is 12.8 Å². The summed E-state index contributed by atoms with van der Waals surface area (Å²) >= 11 is 0. The van der Waals surface area contributed by atoms with E-state index in [2.05, 4.69) is 76.2 Å². The molecule has 0 bridgehead atoms. The Bertz CT molecular complexity index is 716. The highest BCUT2D eigenvalue weighted by Gasteiger charge is 2.13. The molecule has 0 aliphatic carbocycles. The van der Waals surface area contributed by atoms with Crippen LogP contribution in [0.4, 0.5) is 0 Å². The minimum absolute atomic E-state index is 0.0300. The van der Waals surface area contributed by atoms with Crippen LogP contribution in [0.3, 0.4) is 0 Å². The van der Waals surface area contributed by atoms with E-state index in [0.29, 0.717) is 6.42 Å². The molecule has 0 aliphatic rings. The Morgan fingerprint density at radius 3 is 1.67 bits per heavy atom. The summed E-state index contributed by atoms with van der Waals surface area (Å²) in [4.78, 5) is 15.1. The molecule has 0 aromatic heterocycles. The Labute approximate surface area is 263 Å². The fourth-order valence-corrected chi connectivity index (χ4v) is 5.14. The molecule has 0 fully saturated rings. The van der Waals surface area contributed by atoms with Crippen molar-refractivity contribution in [3.05, 3.63) is 47.8 Å². The third-order valence-electron chi connectivity index (χ3n) is 7.80. The van der Waals surface area contributed by atoms with Gasteiger partial charge in [-0.3, -0.25) is 4.79 Å². The van der Waals surface area contributed by atoms with E-state index >= 15 is 0 Å². The van der Waals surface area contributed by atoms with Crippen LogP contribution in [0.15, 0.2) is 47.8 Å². The van der Waals surface area contributed by atoms with Gasteiger partial charge in [0.15, 0.2) is 0 Å². The summed E-state index contributed by atoms with van der Waals surface area (Å²) in [5.41, 5.74) is 1.40. The van der Waals surface area contributed by atoms with Crippen LogP contribution in [0, 0.1) is 0 Å². The third-order valence-corrected chi connectivity index (χ3v) is 7.80. The largest absolute Gasteiger partial charge is 0.431 e. The molecule has 0 aromatic rings.